The molecule has 0 aliphatic heterocycles. The molecule has 0 aliphatic carbocycles. The summed E-state index contributed by atoms with van der Waals surface area (Å²) in [6, 6.07) is 1.94. The maximum absolute atomic E-state index is 5.67. The number of pyridine rings is 1. The maximum Gasteiger partial charge on any atom is 0.0571 e. The van der Waals surface area contributed by atoms with E-state index in [2.05, 4.69) is 37.7 Å². The maximum atomic E-state index is 5.67. The Kier molecular flexibility index (Phi) is 2.99. The van der Waals surface area contributed by atoms with Gasteiger partial charge in [-0.25, -0.2) is 0 Å². The number of hydrogen-bond acceptors (Lipinski definition) is 3. The molecule has 1 heterocycles. The Morgan fingerprint density at radius 2 is 2.00 bits per heavy atom. The molecular formula is C11H19N3. The fourth-order valence-corrected chi connectivity index (χ4v) is 1.46. The number of nitrogen functional groups attached to an aromatic ring is 1. The van der Waals surface area contributed by atoms with Crippen molar-refractivity contribution in [1.82, 2.24) is 4.98 Å². The first-order valence-corrected chi connectivity index (χ1v) is 4.80. The van der Waals surface area contributed by atoms with Crippen LogP contribution in [0, 0.1) is 5.41 Å². The summed E-state index contributed by atoms with van der Waals surface area (Å²) >= 11 is 0. The van der Waals surface area contributed by atoms with E-state index in [1.54, 1.807) is 6.20 Å². The first kappa shape index (κ1) is 10.8. The van der Waals surface area contributed by atoms with E-state index < -0.39 is 0 Å². The van der Waals surface area contributed by atoms with Crippen molar-refractivity contribution in [3.8, 4) is 0 Å². The minimum Gasteiger partial charge on any atom is -0.397 e. The third-order valence-corrected chi connectivity index (χ3v) is 1.90. The van der Waals surface area contributed by atoms with Gasteiger partial charge in [-0.2, -0.15) is 0 Å². The normalized spacial score (nSPS) is 11.4. The third kappa shape index (κ3) is 3.24. The van der Waals surface area contributed by atoms with Crippen LogP contribution in [0.4, 0.5) is 11.4 Å². The first-order chi connectivity index (χ1) is 6.38. The van der Waals surface area contributed by atoms with Gasteiger partial charge in [0.25, 0.3) is 0 Å². The summed E-state index contributed by atoms with van der Waals surface area (Å²) in [6.07, 6.45) is 3.50. The summed E-state index contributed by atoms with van der Waals surface area (Å²) in [5.41, 5.74) is 7.73. The predicted octanol–water partition coefficient (Wildman–Crippen LogP) is 2.15. The largest absolute Gasteiger partial charge is 0.397 e. The Hall–Kier alpha value is -1.25. The topological polar surface area (TPSA) is 42.2 Å². The Balaban J connectivity index is 2.74. The molecule has 0 unspecified atom stereocenters. The van der Waals surface area contributed by atoms with Gasteiger partial charge in [0.15, 0.2) is 0 Å². The van der Waals surface area contributed by atoms with E-state index in [-0.39, 0.29) is 5.41 Å². The zero-order chi connectivity index (χ0) is 10.8. The van der Waals surface area contributed by atoms with Gasteiger partial charge < -0.3 is 10.6 Å². The highest BCUT2D eigenvalue weighted by molar-refractivity contribution is 5.52. The van der Waals surface area contributed by atoms with Gasteiger partial charge in [0.1, 0.15) is 0 Å². The monoisotopic (exact) mass is 193 g/mol. The van der Waals surface area contributed by atoms with Crippen LogP contribution in [-0.4, -0.2) is 18.6 Å². The molecule has 0 spiro atoms. The second-order valence-electron chi connectivity index (χ2n) is 4.89. The molecule has 1 rings (SSSR count). The van der Waals surface area contributed by atoms with Crippen molar-refractivity contribution < 1.29 is 0 Å². The lowest BCUT2D eigenvalue weighted by atomic mass is 9.96. The molecular weight excluding hydrogens is 174 g/mol. The van der Waals surface area contributed by atoms with E-state index in [4.69, 9.17) is 5.73 Å². The summed E-state index contributed by atoms with van der Waals surface area (Å²) in [6.45, 7) is 7.62. The fraction of sp³-hybridized carbons (Fsp3) is 0.545. The van der Waals surface area contributed by atoms with Crippen LogP contribution in [0.15, 0.2) is 18.5 Å². The smallest absolute Gasteiger partial charge is 0.0571 e. The lowest BCUT2D eigenvalue weighted by molar-refractivity contribution is 0.419. The SMILES string of the molecule is CN(CC(C)(C)C)c1cncc(N)c1. The molecule has 1 aromatic rings. The van der Waals surface area contributed by atoms with Crippen molar-refractivity contribution >= 4 is 11.4 Å². The number of rotatable bonds is 2. The standard InChI is InChI=1S/C11H19N3/c1-11(2,3)8-14(4)10-5-9(12)6-13-7-10/h5-7H,8,12H2,1-4H3. The Morgan fingerprint density at radius 3 is 2.50 bits per heavy atom. The molecule has 3 nitrogen and oxygen atoms in total. The second-order valence-corrected chi connectivity index (χ2v) is 4.89. The van der Waals surface area contributed by atoms with Gasteiger partial charge in [-0.15, -0.1) is 0 Å². The summed E-state index contributed by atoms with van der Waals surface area (Å²) in [5, 5.41) is 0. The summed E-state index contributed by atoms with van der Waals surface area (Å²) < 4.78 is 0. The second kappa shape index (κ2) is 3.86. The number of anilines is 2. The minimum absolute atomic E-state index is 0.277. The van der Waals surface area contributed by atoms with Gasteiger partial charge in [-0.05, 0) is 11.5 Å². The van der Waals surface area contributed by atoms with E-state index in [1.165, 1.54) is 0 Å². The molecule has 2 N–H and O–H groups in total. The average Bonchev–Trinajstić information content (AvgIpc) is 2.01. The highest BCUT2D eigenvalue weighted by atomic mass is 15.1. The van der Waals surface area contributed by atoms with E-state index >= 15 is 0 Å². The molecule has 0 fully saturated rings. The number of nitrogens with two attached hydrogens (primary N) is 1. The van der Waals surface area contributed by atoms with Crippen LogP contribution in [0.5, 0.6) is 0 Å². The first-order valence-electron chi connectivity index (χ1n) is 4.80. The van der Waals surface area contributed by atoms with E-state index in [9.17, 15) is 0 Å². The van der Waals surface area contributed by atoms with Crippen molar-refractivity contribution in [2.75, 3.05) is 24.2 Å². The minimum atomic E-state index is 0.277. The van der Waals surface area contributed by atoms with Gasteiger partial charge in [0.05, 0.1) is 17.6 Å². The molecule has 0 bridgehead atoms. The summed E-state index contributed by atoms with van der Waals surface area (Å²) in [4.78, 5) is 6.24. The van der Waals surface area contributed by atoms with Gasteiger partial charge in [0.2, 0.25) is 0 Å². The summed E-state index contributed by atoms with van der Waals surface area (Å²) in [5.74, 6) is 0. The summed E-state index contributed by atoms with van der Waals surface area (Å²) in [7, 11) is 2.06. The number of nitrogens with zero attached hydrogens (tertiary/aromatic N) is 2. The molecule has 0 aromatic carbocycles. The fourth-order valence-electron chi connectivity index (χ4n) is 1.46. The average molecular weight is 193 g/mol. The number of aromatic nitrogens is 1. The Bertz CT molecular complexity index is 302. The van der Waals surface area contributed by atoms with E-state index in [0.717, 1.165) is 12.2 Å². The van der Waals surface area contributed by atoms with Crippen molar-refractivity contribution in [1.29, 1.82) is 0 Å². The van der Waals surface area contributed by atoms with Gasteiger partial charge in [-0.3, -0.25) is 4.98 Å². The zero-order valence-electron chi connectivity index (χ0n) is 9.41. The molecule has 0 radical (unpaired) electrons. The Labute approximate surface area is 85.9 Å². The van der Waals surface area contributed by atoms with Crippen LogP contribution in [0.1, 0.15) is 20.8 Å². The highest BCUT2D eigenvalue weighted by Gasteiger charge is 2.13. The van der Waals surface area contributed by atoms with Crippen LogP contribution < -0.4 is 10.6 Å². The lowest BCUT2D eigenvalue weighted by Gasteiger charge is -2.28. The molecule has 0 saturated heterocycles. The number of hydrogen-bond donors (Lipinski definition) is 1. The molecule has 14 heavy (non-hydrogen) atoms. The van der Waals surface area contributed by atoms with Crippen molar-refractivity contribution in [2.45, 2.75) is 20.8 Å². The molecule has 3 heteroatoms. The molecule has 0 atom stereocenters. The van der Waals surface area contributed by atoms with E-state index in [1.807, 2.05) is 12.3 Å². The van der Waals surface area contributed by atoms with Crippen LogP contribution in [0.2, 0.25) is 0 Å². The van der Waals surface area contributed by atoms with Gasteiger partial charge in [0, 0.05) is 19.8 Å². The van der Waals surface area contributed by atoms with Crippen molar-refractivity contribution in [3.63, 3.8) is 0 Å². The van der Waals surface area contributed by atoms with Gasteiger partial charge in [-0.1, -0.05) is 20.8 Å². The van der Waals surface area contributed by atoms with Crippen LogP contribution in [-0.2, 0) is 0 Å². The van der Waals surface area contributed by atoms with Crippen LogP contribution >= 0.6 is 0 Å². The molecule has 1 aromatic heterocycles. The molecule has 0 aliphatic rings. The Morgan fingerprint density at radius 1 is 1.36 bits per heavy atom. The highest BCUT2D eigenvalue weighted by Crippen LogP contribution is 2.20. The van der Waals surface area contributed by atoms with Crippen LogP contribution in [0.3, 0.4) is 0 Å². The van der Waals surface area contributed by atoms with Gasteiger partial charge >= 0.3 is 0 Å². The predicted molar refractivity (Wildman–Crippen MR) is 61.4 cm³/mol. The molecule has 0 amide bonds. The zero-order valence-corrected chi connectivity index (χ0v) is 9.41. The third-order valence-electron chi connectivity index (χ3n) is 1.90. The lowest BCUT2D eigenvalue weighted by Crippen LogP contribution is -2.29. The van der Waals surface area contributed by atoms with Crippen molar-refractivity contribution in [3.05, 3.63) is 18.5 Å². The van der Waals surface area contributed by atoms with E-state index in [0.29, 0.717) is 5.69 Å². The molecule has 0 saturated carbocycles. The molecule has 78 valence electrons. The van der Waals surface area contributed by atoms with Crippen LogP contribution in [0.25, 0.3) is 0 Å². The quantitative estimate of drug-likeness (QED) is 0.782. The van der Waals surface area contributed by atoms with Crippen molar-refractivity contribution in [2.24, 2.45) is 5.41 Å².